The monoisotopic (exact) mass is 466 g/mol. The highest BCUT2D eigenvalue weighted by Crippen LogP contribution is 2.39. The molecule has 1 aliphatic heterocycles. The van der Waals surface area contributed by atoms with Crippen molar-refractivity contribution in [3.8, 4) is 17.1 Å². The van der Waals surface area contributed by atoms with Crippen LogP contribution in [-0.4, -0.2) is 23.3 Å². The van der Waals surface area contributed by atoms with Crippen LogP contribution in [0.3, 0.4) is 0 Å². The summed E-state index contributed by atoms with van der Waals surface area (Å²) in [6.07, 6.45) is 0. The first kappa shape index (κ1) is 22.4. The third kappa shape index (κ3) is 4.28. The summed E-state index contributed by atoms with van der Waals surface area (Å²) in [6.45, 7) is 5.94. The van der Waals surface area contributed by atoms with E-state index in [2.05, 4.69) is 10.5 Å². The SMILES string of the molecule is COc1ccc(C2NC(=O)N(c3ccc(C)cc3)C(C)=C2c2nc(-c3cccc(C)c3)no2)cc1. The van der Waals surface area contributed by atoms with Crippen molar-refractivity contribution in [1.82, 2.24) is 15.5 Å². The minimum Gasteiger partial charge on any atom is -0.497 e. The Hall–Kier alpha value is -4.39. The van der Waals surface area contributed by atoms with Gasteiger partial charge in [0.05, 0.1) is 24.4 Å². The lowest BCUT2D eigenvalue weighted by atomic mass is 9.94. The van der Waals surface area contributed by atoms with Gasteiger partial charge in [0.25, 0.3) is 5.89 Å². The number of urea groups is 1. The number of nitrogens with zero attached hydrogens (tertiary/aromatic N) is 3. The predicted octanol–water partition coefficient (Wildman–Crippen LogP) is 6.06. The minimum atomic E-state index is -0.471. The van der Waals surface area contributed by atoms with Crippen LogP contribution >= 0.6 is 0 Å². The minimum absolute atomic E-state index is 0.227. The van der Waals surface area contributed by atoms with Gasteiger partial charge in [-0.1, -0.05) is 58.7 Å². The van der Waals surface area contributed by atoms with E-state index >= 15 is 0 Å². The highest BCUT2D eigenvalue weighted by molar-refractivity contribution is 6.01. The molecule has 7 nitrogen and oxygen atoms in total. The maximum atomic E-state index is 13.3. The molecule has 1 unspecified atom stereocenters. The number of methoxy groups -OCH3 is 1. The quantitative estimate of drug-likeness (QED) is 0.386. The zero-order valence-electron chi connectivity index (χ0n) is 20.1. The molecular weight excluding hydrogens is 440 g/mol. The average Bonchev–Trinajstić information content (AvgIpc) is 3.35. The van der Waals surface area contributed by atoms with Crippen LogP contribution in [0, 0.1) is 13.8 Å². The first-order valence-corrected chi connectivity index (χ1v) is 11.4. The van der Waals surface area contributed by atoms with Gasteiger partial charge in [0.15, 0.2) is 0 Å². The zero-order valence-corrected chi connectivity index (χ0v) is 20.1. The molecule has 3 aromatic carbocycles. The van der Waals surface area contributed by atoms with Crippen molar-refractivity contribution in [2.45, 2.75) is 26.8 Å². The molecule has 0 spiro atoms. The highest BCUT2D eigenvalue weighted by atomic mass is 16.5. The van der Waals surface area contributed by atoms with Crippen molar-refractivity contribution in [3.63, 3.8) is 0 Å². The maximum Gasteiger partial charge on any atom is 0.326 e. The van der Waals surface area contributed by atoms with Gasteiger partial charge >= 0.3 is 6.03 Å². The van der Waals surface area contributed by atoms with Gasteiger partial charge in [-0.3, -0.25) is 4.90 Å². The zero-order chi connectivity index (χ0) is 24.5. The van der Waals surface area contributed by atoms with E-state index in [1.165, 1.54) is 0 Å². The van der Waals surface area contributed by atoms with Gasteiger partial charge in [-0.05, 0) is 56.7 Å². The summed E-state index contributed by atoms with van der Waals surface area (Å²) in [7, 11) is 1.62. The molecule has 35 heavy (non-hydrogen) atoms. The number of rotatable bonds is 5. The van der Waals surface area contributed by atoms with Crippen molar-refractivity contribution in [1.29, 1.82) is 0 Å². The number of aryl methyl sites for hydroxylation is 2. The van der Waals surface area contributed by atoms with E-state index < -0.39 is 6.04 Å². The van der Waals surface area contributed by atoms with E-state index in [4.69, 9.17) is 14.2 Å². The van der Waals surface area contributed by atoms with Crippen molar-refractivity contribution in [2.24, 2.45) is 0 Å². The lowest BCUT2D eigenvalue weighted by Crippen LogP contribution is -2.46. The number of carbonyl (C=O) groups is 1. The van der Waals surface area contributed by atoms with Crippen molar-refractivity contribution in [2.75, 3.05) is 12.0 Å². The first-order chi connectivity index (χ1) is 16.9. The number of ether oxygens (including phenoxy) is 1. The van der Waals surface area contributed by atoms with Crippen LogP contribution in [0.5, 0.6) is 5.75 Å². The average molecular weight is 467 g/mol. The Kier molecular flexibility index (Phi) is 5.82. The van der Waals surface area contributed by atoms with Crippen LogP contribution in [-0.2, 0) is 0 Å². The van der Waals surface area contributed by atoms with Crippen molar-refractivity contribution < 1.29 is 14.1 Å². The Balaban J connectivity index is 1.64. The number of anilines is 1. The van der Waals surface area contributed by atoms with E-state index in [1.807, 2.05) is 93.6 Å². The van der Waals surface area contributed by atoms with Gasteiger partial charge in [-0.25, -0.2) is 4.79 Å². The summed E-state index contributed by atoms with van der Waals surface area (Å²) in [5, 5.41) is 7.38. The van der Waals surface area contributed by atoms with E-state index in [9.17, 15) is 4.79 Å². The second-order valence-electron chi connectivity index (χ2n) is 8.62. The molecule has 0 aliphatic carbocycles. The molecule has 2 amide bonds. The van der Waals surface area contributed by atoms with Crippen molar-refractivity contribution in [3.05, 3.63) is 101 Å². The Morgan fingerprint density at radius 1 is 0.943 bits per heavy atom. The Morgan fingerprint density at radius 3 is 2.37 bits per heavy atom. The molecule has 0 fully saturated rings. The lowest BCUT2D eigenvalue weighted by molar-refractivity contribution is 0.244. The van der Waals surface area contributed by atoms with Crippen LogP contribution in [0.4, 0.5) is 10.5 Å². The van der Waals surface area contributed by atoms with Gasteiger partial charge in [0, 0.05) is 11.3 Å². The summed E-state index contributed by atoms with van der Waals surface area (Å²) in [5.74, 6) is 1.59. The normalized spacial score (nSPS) is 15.8. The topological polar surface area (TPSA) is 80.5 Å². The number of carbonyl (C=O) groups excluding carboxylic acids is 1. The van der Waals surface area contributed by atoms with E-state index in [0.717, 1.165) is 45.0 Å². The molecule has 4 aromatic rings. The van der Waals surface area contributed by atoms with E-state index in [1.54, 1.807) is 12.0 Å². The van der Waals surface area contributed by atoms with Crippen LogP contribution in [0.2, 0.25) is 0 Å². The summed E-state index contributed by atoms with van der Waals surface area (Å²) in [5.41, 5.74) is 6.19. The fourth-order valence-corrected chi connectivity index (χ4v) is 4.31. The van der Waals surface area contributed by atoms with Crippen LogP contribution in [0.1, 0.15) is 35.5 Å². The van der Waals surface area contributed by atoms with Gasteiger partial charge < -0.3 is 14.6 Å². The Bertz CT molecular complexity index is 1400. The number of allylic oxidation sites excluding steroid dienone is 1. The molecule has 1 atom stereocenters. The predicted molar refractivity (Wildman–Crippen MR) is 135 cm³/mol. The molecular formula is C28H26N4O3. The molecule has 1 aromatic heterocycles. The second-order valence-corrected chi connectivity index (χ2v) is 8.62. The number of nitrogens with one attached hydrogen (secondary N) is 1. The second kappa shape index (κ2) is 9.10. The number of aromatic nitrogens is 2. The van der Waals surface area contributed by atoms with Crippen LogP contribution < -0.4 is 15.0 Å². The third-order valence-corrected chi connectivity index (χ3v) is 6.16. The standard InChI is InChI=1S/C28H26N4O3/c1-17-8-12-22(13-9-17)32-19(3)24(25(29-28(32)33)20-10-14-23(34-4)15-11-20)27-30-26(31-35-27)21-7-5-6-18(2)16-21/h5-16,25H,1-4H3,(H,29,33). The fourth-order valence-electron chi connectivity index (χ4n) is 4.31. The Morgan fingerprint density at radius 2 is 1.69 bits per heavy atom. The van der Waals surface area contributed by atoms with E-state index in [0.29, 0.717) is 11.7 Å². The van der Waals surface area contributed by atoms with Crippen molar-refractivity contribution >= 4 is 17.3 Å². The molecule has 7 heteroatoms. The third-order valence-electron chi connectivity index (χ3n) is 6.16. The number of amides is 2. The molecule has 0 saturated heterocycles. The summed E-state index contributed by atoms with van der Waals surface area (Å²) < 4.78 is 11.1. The summed E-state index contributed by atoms with van der Waals surface area (Å²) in [4.78, 5) is 19.7. The number of hydrogen-bond acceptors (Lipinski definition) is 5. The molecule has 2 heterocycles. The van der Waals surface area contributed by atoms with Gasteiger partial charge in [0.2, 0.25) is 5.82 Å². The van der Waals surface area contributed by atoms with E-state index in [-0.39, 0.29) is 6.03 Å². The van der Waals surface area contributed by atoms with Crippen LogP contribution in [0.25, 0.3) is 17.0 Å². The summed E-state index contributed by atoms with van der Waals surface area (Å²) >= 11 is 0. The molecule has 0 saturated carbocycles. The highest BCUT2D eigenvalue weighted by Gasteiger charge is 2.36. The van der Waals surface area contributed by atoms with Gasteiger partial charge in [-0.2, -0.15) is 4.98 Å². The molecule has 5 rings (SSSR count). The lowest BCUT2D eigenvalue weighted by Gasteiger charge is -2.35. The summed E-state index contributed by atoms with van der Waals surface area (Å²) in [6, 6.07) is 22.6. The molecule has 0 radical (unpaired) electrons. The molecule has 176 valence electrons. The molecule has 1 N–H and O–H groups in total. The molecule has 0 bridgehead atoms. The smallest absolute Gasteiger partial charge is 0.326 e. The fraction of sp³-hybridized carbons (Fsp3) is 0.179. The van der Waals surface area contributed by atoms with Crippen LogP contribution in [0.15, 0.2) is 83.0 Å². The number of hydrogen-bond donors (Lipinski definition) is 1. The largest absolute Gasteiger partial charge is 0.497 e. The first-order valence-electron chi connectivity index (χ1n) is 11.4. The number of benzene rings is 3. The maximum absolute atomic E-state index is 13.3. The Labute approximate surface area is 204 Å². The van der Waals surface area contributed by atoms with Gasteiger partial charge in [0.1, 0.15) is 5.75 Å². The molecule has 1 aliphatic rings. The van der Waals surface area contributed by atoms with Gasteiger partial charge in [-0.15, -0.1) is 0 Å².